The highest BCUT2D eigenvalue weighted by molar-refractivity contribution is 6.30. The number of hydrazone groups is 1. The summed E-state index contributed by atoms with van der Waals surface area (Å²) in [7, 11) is 0. The van der Waals surface area contributed by atoms with Gasteiger partial charge in [0.2, 0.25) is 0 Å². The Bertz CT molecular complexity index is 720. The lowest BCUT2D eigenvalue weighted by molar-refractivity contribution is -0.121. The number of nitrogens with zero attached hydrogens (tertiary/aromatic N) is 1. The van der Waals surface area contributed by atoms with Crippen LogP contribution in [-0.2, 0) is 4.79 Å². The number of carbonyl (C=O) groups excluding carboxylic acids is 1. The lowest BCUT2D eigenvalue weighted by Crippen LogP contribution is -2.34. The molecule has 0 radical (unpaired) electrons. The number of phenolic OH excluding ortho intramolecular Hbond substituents is 1. The molecule has 0 spiro atoms. The summed E-state index contributed by atoms with van der Waals surface area (Å²) in [5.74, 6) is -0.726. The normalized spacial score (nSPS) is 12.1. The molecule has 5 nitrogen and oxygen atoms in total. The van der Waals surface area contributed by atoms with Gasteiger partial charge < -0.3 is 10.4 Å². The van der Waals surface area contributed by atoms with Gasteiger partial charge in [-0.05, 0) is 49.4 Å². The molecule has 0 aliphatic heterocycles. The molecule has 0 saturated carbocycles. The molecular formula is C16H15ClFN3O2. The van der Waals surface area contributed by atoms with E-state index in [1.54, 1.807) is 13.0 Å². The second-order valence-corrected chi connectivity index (χ2v) is 5.25. The van der Waals surface area contributed by atoms with Crippen LogP contribution in [0.1, 0.15) is 12.5 Å². The largest absolute Gasteiger partial charge is 0.507 e. The van der Waals surface area contributed by atoms with Crippen molar-refractivity contribution >= 4 is 29.4 Å². The van der Waals surface area contributed by atoms with E-state index in [1.165, 1.54) is 42.6 Å². The van der Waals surface area contributed by atoms with E-state index < -0.39 is 6.04 Å². The molecule has 23 heavy (non-hydrogen) atoms. The minimum absolute atomic E-state index is 0.00452. The lowest BCUT2D eigenvalue weighted by atomic mass is 10.2. The van der Waals surface area contributed by atoms with Gasteiger partial charge in [-0.2, -0.15) is 5.10 Å². The molecule has 0 aromatic heterocycles. The molecule has 0 aliphatic rings. The van der Waals surface area contributed by atoms with Crippen molar-refractivity contribution in [1.82, 2.24) is 5.43 Å². The van der Waals surface area contributed by atoms with Gasteiger partial charge in [-0.3, -0.25) is 4.79 Å². The van der Waals surface area contributed by atoms with E-state index in [0.717, 1.165) is 0 Å². The smallest absolute Gasteiger partial charge is 0.262 e. The number of phenols is 1. The topological polar surface area (TPSA) is 73.7 Å². The maximum Gasteiger partial charge on any atom is 0.262 e. The van der Waals surface area contributed by atoms with Crippen LogP contribution < -0.4 is 10.7 Å². The van der Waals surface area contributed by atoms with Crippen LogP contribution in [0.2, 0.25) is 5.02 Å². The summed E-state index contributed by atoms with van der Waals surface area (Å²) in [4.78, 5) is 11.9. The zero-order valence-corrected chi connectivity index (χ0v) is 13.0. The molecule has 0 saturated heterocycles. The van der Waals surface area contributed by atoms with Crippen LogP contribution in [0.5, 0.6) is 5.75 Å². The van der Waals surface area contributed by atoms with Crippen molar-refractivity contribution in [3.05, 3.63) is 58.9 Å². The Morgan fingerprint density at radius 1 is 1.30 bits per heavy atom. The number of aromatic hydroxyl groups is 1. The van der Waals surface area contributed by atoms with E-state index in [2.05, 4.69) is 15.8 Å². The summed E-state index contributed by atoms with van der Waals surface area (Å²) in [5, 5.41) is 16.8. The van der Waals surface area contributed by atoms with Gasteiger partial charge in [0, 0.05) is 16.3 Å². The molecular weight excluding hydrogens is 321 g/mol. The molecule has 1 atom stereocenters. The zero-order chi connectivity index (χ0) is 16.8. The van der Waals surface area contributed by atoms with Crippen LogP contribution in [0.15, 0.2) is 47.6 Å². The van der Waals surface area contributed by atoms with Crippen molar-refractivity contribution in [2.75, 3.05) is 5.32 Å². The first-order chi connectivity index (χ1) is 11.0. The van der Waals surface area contributed by atoms with Crippen LogP contribution >= 0.6 is 11.6 Å². The van der Waals surface area contributed by atoms with E-state index >= 15 is 0 Å². The monoisotopic (exact) mass is 335 g/mol. The van der Waals surface area contributed by atoms with Crippen LogP contribution in [0.25, 0.3) is 0 Å². The molecule has 0 bridgehead atoms. The van der Waals surface area contributed by atoms with Crippen molar-refractivity contribution in [2.45, 2.75) is 13.0 Å². The van der Waals surface area contributed by atoms with Crippen LogP contribution in [0, 0.1) is 5.82 Å². The fourth-order valence-corrected chi connectivity index (χ4v) is 1.93. The first kappa shape index (κ1) is 16.8. The average Bonchev–Trinajstić information content (AvgIpc) is 2.52. The van der Waals surface area contributed by atoms with Gasteiger partial charge in [-0.25, -0.2) is 9.82 Å². The fourth-order valence-electron chi connectivity index (χ4n) is 1.75. The van der Waals surface area contributed by atoms with E-state index in [9.17, 15) is 14.3 Å². The highest BCUT2D eigenvalue weighted by Crippen LogP contribution is 2.19. The molecule has 3 N–H and O–H groups in total. The quantitative estimate of drug-likeness (QED) is 0.580. The molecule has 7 heteroatoms. The highest BCUT2D eigenvalue weighted by Gasteiger charge is 2.11. The highest BCUT2D eigenvalue weighted by atomic mass is 35.5. The summed E-state index contributed by atoms with van der Waals surface area (Å²) in [5.41, 5.74) is 3.35. The van der Waals surface area contributed by atoms with E-state index in [0.29, 0.717) is 16.3 Å². The van der Waals surface area contributed by atoms with Gasteiger partial charge >= 0.3 is 0 Å². The number of rotatable bonds is 5. The third-order valence-electron chi connectivity index (χ3n) is 2.99. The molecule has 2 aromatic carbocycles. The fraction of sp³-hybridized carbons (Fsp3) is 0.125. The van der Waals surface area contributed by atoms with E-state index in [-0.39, 0.29) is 17.5 Å². The molecule has 2 aromatic rings. The van der Waals surface area contributed by atoms with Gasteiger partial charge in [0.05, 0.1) is 6.21 Å². The van der Waals surface area contributed by atoms with Gasteiger partial charge in [-0.15, -0.1) is 0 Å². The van der Waals surface area contributed by atoms with Crippen molar-refractivity contribution in [3.8, 4) is 5.75 Å². The number of carbonyl (C=O) groups is 1. The third-order valence-corrected chi connectivity index (χ3v) is 3.22. The lowest BCUT2D eigenvalue weighted by Gasteiger charge is -2.13. The maximum absolute atomic E-state index is 12.8. The van der Waals surface area contributed by atoms with Gasteiger partial charge in [0.1, 0.15) is 17.6 Å². The Labute approximate surface area is 137 Å². The minimum atomic E-state index is -0.578. The van der Waals surface area contributed by atoms with Crippen molar-refractivity contribution in [3.63, 3.8) is 0 Å². The molecule has 0 fully saturated rings. The minimum Gasteiger partial charge on any atom is -0.507 e. The molecule has 1 amide bonds. The first-order valence-corrected chi connectivity index (χ1v) is 7.17. The number of nitrogens with one attached hydrogen (secondary N) is 2. The Balaban J connectivity index is 1.92. The van der Waals surface area contributed by atoms with Crippen LogP contribution in [0.4, 0.5) is 10.1 Å². The van der Waals surface area contributed by atoms with E-state index in [4.69, 9.17) is 11.6 Å². The maximum atomic E-state index is 12.8. The second kappa shape index (κ2) is 7.60. The number of benzene rings is 2. The summed E-state index contributed by atoms with van der Waals surface area (Å²) >= 11 is 5.81. The van der Waals surface area contributed by atoms with Gasteiger partial charge in [-0.1, -0.05) is 11.6 Å². The Kier molecular flexibility index (Phi) is 5.54. The number of hydrogen-bond acceptors (Lipinski definition) is 4. The number of amides is 1. The number of halogens is 2. The number of hydrogen-bond donors (Lipinski definition) is 3. The Morgan fingerprint density at radius 2 is 2.00 bits per heavy atom. The predicted octanol–water partition coefficient (Wildman–Crippen LogP) is 3.14. The van der Waals surface area contributed by atoms with Crippen molar-refractivity contribution < 1.29 is 14.3 Å². The van der Waals surface area contributed by atoms with E-state index in [1.807, 2.05) is 0 Å². The van der Waals surface area contributed by atoms with Crippen molar-refractivity contribution in [2.24, 2.45) is 5.10 Å². The van der Waals surface area contributed by atoms with Crippen molar-refractivity contribution in [1.29, 1.82) is 0 Å². The number of anilines is 1. The Hall–Kier alpha value is -2.60. The van der Waals surface area contributed by atoms with Crippen LogP contribution in [-0.4, -0.2) is 23.3 Å². The van der Waals surface area contributed by atoms with Crippen LogP contribution in [0.3, 0.4) is 0 Å². The first-order valence-electron chi connectivity index (χ1n) is 6.79. The van der Waals surface area contributed by atoms with Gasteiger partial charge in [0.15, 0.2) is 0 Å². The predicted molar refractivity (Wildman–Crippen MR) is 88.3 cm³/mol. The summed E-state index contributed by atoms with van der Waals surface area (Å²) in [6, 6.07) is 9.59. The zero-order valence-electron chi connectivity index (χ0n) is 12.3. The molecule has 0 unspecified atom stereocenters. The summed E-state index contributed by atoms with van der Waals surface area (Å²) < 4.78 is 12.8. The standard InChI is InChI=1S/C16H15ClFN3O2/c1-10(20-14-5-3-13(18)4-6-14)16(23)21-19-9-11-8-12(17)2-7-15(11)22/h2-10,20,22H,1H3,(H,21,23)/b19-9-/t10-/m1/s1. The Morgan fingerprint density at radius 3 is 2.70 bits per heavy atom. The second-order valence-electron chi connectivity index (χ2n) is 4.81. The molecule has 2 rings (SSSR count). The van der Waals surface area contributed by atoms with Gasteiger partial charge in [0.25, 0.3) is 5.91 Å². The average molecular weight is 336 g/mol. The molecule has 0 aliphatic carbocycles. The molecule has 120 valence electrons. The molecule has 0 heterocycles. The third kappa shape index (κ3) is 4.96. The summed E-state index contributed by atoms with van der Waals surface area (Å²) in [6.45, 7) is 1.64. The SMILES string of the molecule is C[C@@H](Nc1ccc(F)cc1)C(=O)N/N=C\c1cc(Cl)ccc1O. The summed E-state index contributed by atoms with van der Waals surface area (Å²) in [6.07, 6.45) is 1.30.